The SMILES string of the molecule is CC(C)C(C(=O)NC(CO)Cc1ccccc1)N1C(=O)/C(=C/c2ccco2)SC1=S. The van der Waals surface area contributed by atoms with Crippen LogP contribution in [0.3, 0.4) is 0 Å². The van der Waals surface area contributed by atoms with E-state index in [9.17, 15) is 14.7 Å². The Kier molecular flexibility index (Phi) is 7.47. The molecule has 8 heteroatoms. The van der Waals surface area contributed by atoms with Gasteiger partial charge in [-0.25, -0.2) is 0 Å². The Bertz CT molecular complexity index is 926. The van der Waals surface area contributed by atoms with E-state index in [1.54, 1.807) is 18.2 Å². The zero-order valence-electron chi connectivity index (χ0n) is 16.8. The van der Waals surface area contributed by atoms with E-state index in [1.165, 1.54) is 11.2 Å². The van der Waals surface area contributed by atoms with Crippen LogP contribution in [-0.4, -0.2) is 44.8 Å². The van der Waals surface area contributed by atoms with Crippen molar-refractivity contribution < 1.29 is 19.1 Å². The molecule has 0 spiro atoms. The lowest BCUT2D eigenvalue weighted by Crippen LogP contribution is -2.54. The van der Waals surface area contributed by atoms with Crippen molar-refractivity contribution in [1.82, 2.24) is 10.2 Å². The Morgan fingerprint density at radius 3 is 2.60 bits per heavy atom. The lowest BCUT2D eigenvalue weighted by molar-refractivity contribution is -0.134. The van der Waals surface area contributed by atoms with Crippen LogP contribution in [0.15, 0.2) is 58.1 Å². The van der Waals surface area contributed by atoms with Gasteiger partial charge in [0.05, 0.1) is 23.8 Å². The number of aliphatic hydroxyl groups is 1. The summed E-state index contributed by atoms with van der Waals surface area (Å²) in [6.07, 6.45) is 3.64. The summed E-state index contributed by atoms with van der Waals surface area (Å²) in [5.41, 5.74) is 1.00. The highest BCUT2D eigenvalue weighted by atomic mass is 32.2. The Hall–Kier alpha value is -2.42. The number of aliphatic hydroxyl groups excluding tert-OH is 1. The van der Waals surface area contributed by atoms with E-state index in [0.29, 0.717) is 21.4 Å². The second-order valence-corrected chi connectivity index (χ2v) is 9.01. The summed E-state index contributed by atoms with van der Waals surface area (Å²) in [4.78, 5) is 27.9. The summed E-state index contributed by atoms with van der Waals surface area (Å²) in [6.45, 7) is 3.52. The van der Waals surface area contributed by atoms with Gasteiger partial charge in [0.15, 0.2) is 0 Å². The Labute approximate surface area is 185 Å². The predicted octanol–water partition coefficient (Wildman–Crippen LogP) is 3.23. The molecule has 1 aliphatic rings. The van der Waals surface area contributed by atoms with Gasteiger partial charge in [0, 0.05) is 6.08 Å². The standard InChI is InChI=1S/C22H24N2O4S2/c1-14(2)19(20(26)23-16(13-25)11-15-7-4-3-5-8-15)24-21(27)18(30-22(24)29)12-17-9-6-10-28-17/h3-10,12,14,16,19,25H,11,13H2,1-2H3,(H,23,26)/b18-12-. The van der Waals surface area contributed by atoms with Crippen molar-refractivity contribution in [2.24, 2.45) is 5.92 Å². The molecule has 2 unspecified atom stereocenters. The van der Waals surface area contributed by atoms with E-state index in [1.807, 2.05) is 44.2 Å². The van der Waals surface area contributed by atoms with E-state index in [2.05, 4.69) is 5.32 Å². The van der Waals surface area contributed by atoms with Crippen LogP contribution in [-0.2, 0) is 16.0 Å². The van der Waals surface area contributed by atoms with Crippen molar-refractivity contribution >= 4 is 46.2 Å². The fourth-order valence-electron chi connectivity index (χ4n) is 3.29. The maximum absolute atomic E-state index is 13.1. The van der Waals surface area contributed by atoms with Crippen LogP contribution in [0, 0.1) is 5.92 Å². The van der Waals surface area contributed by atoms with Crippen LogP contribution in [0.5, 0.6) is 0 Å². The zero-order chi connectivity index (χ0) is 21.7. The maximum Gasteiger partial charge on any atom is 0.267 e. The topological polar surface area (TPSA) is 82.8 Å². The molecule has 0 bridgehead atoms. The summed E-state index contributed by atoms with van der Waals surface area (Å²) in [5.74, 6) is -0.287. The van der Waals surface area contributed by atoms with Crippen LogP contribution >= 0.6 is 24.0 Å². The second kappa shape index (κ2) is 10.1. The first kappa shape index (κ1) is 22.3. The van der Waals surface area contributed by atoms with Gasteiger partial charge in [0.2, 0.25) is 5.91 Å². The van der Waals surface area contributed by atoms with Gasteiger partial charge in [-0.1, -0.05) is 68.2 Å². The van der Waals surface area contributed by atoms with Crippen molar-refractivity contribution in [1.29, 1.82) is 0 Å². The van der Waals surface area contributed by atoms with Crippen LogP contribution in [0.4, 0.5) is 0 Å². The number of furan rings is 1. The highest BCUT2D eigenvalue weighted by Gasteiger charge is 2.42. The Balaban J connectivity index is 1.76. The number of thiocarbonyl (C=S) groups is 1. The van der Waals surface area contributed by atoms with Gasteiger partial charge in [0.1, 0.15) is 16.1 Å². The average molecular weight is 445 g/mol. The molecule has 0 saturated carbocycles. The number of amides is 2. The highest BCUT2D eigenvalue weighted by Crippen LogP contribution is 2.35. The van der Waals surface area contributed by atoms with Crippen molar-refractivity contribution in [3.8, 4) is 0 Å². The molecule has 3 rings (SSSR count). The minimum absolute atomic E-state index is 0.175. The first-order chi connectivity index (χ1) is 14.4. The largest absolute Gasteiger partial charge is 0.465 e. The van der Waals surface area contributed by atoms with Gasteiger partial charge in [0.25, 0.3) is 5.91 Å². The third-order valence-electron chi connectivity index (χ3n) is 4.71. The van der Waals surface area contributed by atoms with Crippen LogP contribution < -0.4 is 5.32 Å². The first-order valence-electron chi connectivity index (χ1n) is 9.66. The smallest absolute Gasteiger partial charge is 0.267 e. The summed E-state index contributed by atoms with van der Waals surface area (Å²) in [7, 11) is 0. The normalized spacial score (nSPS) is 17.6. The molecule has 0 aliphatic carbocycles. The van der Waals surface area contributed by atoms with Gasteiger partial charge in [-0.15, -0.1) is 0 Å². The molecule has 6 nitrogen and oxygen atoms in total. The zero-order valence-corrected chi connectivity index (χ0v) is 18.4. The van der Waals surface area contributed by atoms with E-state index in [-0.39, 0.29) is 24.3 Å². The summed E-state index contributed by atoms with van der Waals surface area (Å²) in [6, 6.07) is 11.9. The third-order valence-corrected chi connectivity index (χ3v) is 6.04. The molecule has 2 heterocycles. The molecule has 1 aromatic heterocycles. The lowest BCUT2D eigenvalue weighted by Gasteiger charge is -2.30. The monoisotopic (exact) mass is 444 g/mol. The molecule has 1 aliphatic heterocycles. The summed E-state index contributed by atoms with van der Waals surface area (Å²) >= 11 is 6.57. The molecule has 2 amide bonds. The maximum atomic E-state index is 13.1. The number of carbonyl (C=O) groups excluding carboxylic acids is 2. The van der Waals surface area contributed by atoms with E-state index < -0.39 is 12.1 Å². The quantitative estimate of drug-likeness (QED) is 0.481. The van der Waals surface area contributed by atoms with Crippen LogP contribution in [0.1, 0.15) is 25.2 Å². The molecular weight excluding hydrogens is 420 g/mol. The Morgan fingerprint density at radius 1 is 1.27 bits per heavy atom. The van der Waals surface area contributed by atoms with E-state index in [0.717, 1.165) is 17.3 Å². The first-order valence-corrected chi connectivity index (χ1v) is 10.9. The van der Waals surface area contributed by atoms with Gasteiger partial charge >= 0.3 is 0 Å². The number of nitrogens with one attached hydrogen (secondary N) is 1. The third kappa shape index (κ3) is 5.19. The minimum atomic E-state index is -0.773. The van der Waals surface area contributed by atoms with E-state index in [4.69, 9.17) is 16.6 Å². The van der Waals surface area contributed by atoms with Gasteiger partial charge in [-0.2, -0.15) is 0 Å². The molecule has 158 valence electrons. The van der Waals surface area contributed by atoms with Crippen molar-refractivity contribution in [2.45, 2.75) is 32.4 Å². The Morgan fingerprint density at radius 2 is 2.00 bits per heavy atom. The van der Waals surface area contributed by atoms with Gasteiger partial charge < -0.3 is 14.8 Å². The number of carbonyl (C=O) groups is 2. The van der Waals surface area contributed by atoms with E-state index >= 15 is 0 Å². The fourth-order valence-corrected chi connectivity index (χ4v) is 4.60. The summed E-state index contributed by atoms with van der Waals surface area (Å²) in [5, 5.41) is 12.7. The number of benzene rings is 1. The number of nitrogens with zero attached hydrogens (tertiary/aromatic N) is 1. The number of thioether (sulfide) groups is 1. The molecule has 30 heavy (non-hydrogen) atoms. The molecule has 2 N–H and O–H groups in total. The number of hydrogen-bond acceptors (Lipinski definition) is 6. The fraction of sp³-hybridized carbons (Fsp3) is 0.318. The highest BCUT2D eigenvalue weighted by molar-refractivity contribution is 8.26. The number of hydrogen-bond donors (Lipinski definition) is 2. The molecule has 2 aromatic rings. The average Bonchev–Trinajstić information content (AvgIpc) is 3.32. The molecule has 1 saturated heterocycles. The number of rotatable bonds is 8. The van der Waals surface area contributed by atoms with Crippen LogP contribution in [0.25, 0.3) is 6.08 Å². The molecule has 1 fully saturated rings. The lowest BCUT2D eigenvalue weighted by atomic mass is 10.00. The molecule has 1 aromatic carbocycles. The minimum Gasteiger partial charge on any atom is -0.465 e. The van der Waals surface area contributed by atoms with Crippen LogP contribution in [0.2, 0.25) is 0 Å². The molecular formula is C22H24N2O4S2. The predicted molar refractivity (Wildman–Crippen MR) is 122 cm³/mol. The van der Waals surface area contributed by atoms with Crippen molar-refractivity contribution in [2.75, 3.05) is 6.61 Å². The second-order valence-electron chi connectivity index (χ2n) is 7.33. The van der Waals surface area contributed by atoms with Gasteiger partial charge in [-0.3, -0.25) is 14.5 Å². The van der Waals surface area contributed by atoms with Crippen molar-refractivity contribution in [3.63, 3.8) is 0 Å². The van der Waals surface area contributed by atoms with Crippen molar-refractivity contribution in [3.05, 3.63) is 65.0 Å². The van der Waals surface area contributed by atoms with Gasteiger partial charge in [-0.05, 0) is 30.0 Å². The molecule has 0 radical (unpaired) electrons. The summed E-state index contributed by atoms with van der Waals surface area (Å²) < 4.78 is 5.61. The molecule has 2 atom stereocenters.